The number of pyridine rings is 1. The number of rotatable bonds is 4. The number of benzene rings is 1. The number of anilines is 5. The number of hydrogen-bond acceptors (Lipinski definition) is 8. The Morgan fingerprint density at radius 3 is 2.50 bits per heavy atom. The van der Waals surface area contributed by atoms with Crippen LogP contribution in [-0.2, 0) is 0 Å². The number of nitrogen functional groups attached to an aromatic ring is 1. The quantitative estimate of drug-likeness (QED) is 0.659. The molecular weight excluding hydrogens is 332 g/mol. The van der Waals surface area contributed by atoms with Crippen molar-refractivity contribution in [1.82, 2.24) is 15.0 Å². The summed E-state index contributed by atoms with van der Waals surface area (Å²) in [5.74, 6) is 3.06. The molecule has 26 heavy (non-hydrogen) atoms. The smallest absolute Gasteiger partial charge is 0.163 e. The maximum absolute atomic E-state index is 6.22. The fourth-order valence-electron chi connectivity index (χ4n) is 2.58. The lowest BCUT2D eigenvalue weighted by molar-refractivity contribution is 0.171. The predicted molar refractivity (Wildman–Crippen MR) is 99.4 cm³/mol. The number of ether oxygens (including phenoxy) is 2. The van der Waals surface area contributed by atoms with Gasteiger partial charge in [-0.05, 0) is 36.8 Å². The second-order valence-corrected chi connectivity index (χ2v) is 5.81. The van der Waals surface area contributed by atoms with Gasteiger partial charge in [-0.2, -0.15) is 0 Å². The van der Waals surface area contributed by atoms with Gasteiger partial charge in [0.2, 0.25) is 0 Å². The Morgan fingerprint density at radius 1 is 0.923 bits per heavy atom. The van der Waals surface area contributed by atoms with E-state index in [0.717, 1.165) is 17.0 Å². The Bertz CT molecular complexity index is 947. The Balaban J connectivity index is 1.57. The number of nitrogens with one attached hydrogen (secondary N) is 2. The van der Waals surface area contributed by atoms with E-state index in [1.807, 2.05) is 37.3 Å². The van der Waals surface area contributed by atoms with Crippen LogP contribution in [0.25, 0.3) is 0 Å². The molecule has 1 aliphatic heterocycles. The first-order valence-electron chi connectivity index (χ1n) is 8.16. The number of nitrogens with zero attached hydrogens (tertiary/aromatic N) is 3. The van der Waals surface area contributed by atoms with Crippen LogP contribution in [0.3, 0.4) is 0 Å². The highest BCUT2D eigenvalue weighted by Gasteiger charge is 2.14. The molecule has 0 unspecified atom stereocenters. The SMILES string of the molecule is Cc1ccnc(Nc2ncnc(Nc3ccc4c(c3)OCCO4)c2N)c1. The lowest BCUT2D eigenvalue weighted by atomic mass is 10.2. The van der Waals surface area contributed by atoms with Crippen LogP contribution in [0.4, 0.5) is 28.8 Å². The molecule has 0 fully saturated rings. The fraction of sp³-hybridized carbons (Fsp3) is 0.167. The predicted octanol–water partition coefficient (Wildman–Crippen LogP) is 3.02. The van der Waals surface area contributed by atoms with Gasteiger partial charge in [0.1, 0.15) is 31.0 Å². The van der Waals surface area contributed by atoms with Crippen molar-refractivity contribution in [2.24, 2.45) is 0 Å². The molecule has 8 heteroatoms. The molecule has 8 nitrogen and oxygen atoms in total. The summed E-state index contributed by atoms with van der Waals surface area (Å²) < 4.78 is 11.1. The number of nitrogens with two attached hydrogens (primary N) is 1. The molecule has 4 N–H and O–H groups in total. The maximum Gasteiger partial charge on any atom is 0.163 e. The van der Waals surface area contributed by atoms with Crippen molar-refractivity contribution in [1.29, 1.82) is 0 Å². The zero-order chi connectivity index (χ0) is 17.9. The van der Waals surface area contributed by atoms with Gasteiger partial charge >= 0.3 is 0 Å². The van der Waals surface area contributed by atoms with E-state index in [-0.39, 0.29) is 0 Å². The van der Waals surface area contributed by atoms with Crippen molar-refractivity contribution in [3.63, 3.8) is 0 Å². The summed E-state index contributed by atoms with van der Waals surface area (Å²) in [5, 5.41) is 6.31. The van der Waals surface area contributed by atoms with E-state index < -0.39 is 0 Å². The first-order valence-corrected chi connectivity index (χ1v) is 8.16. The molecule has 0 saturated heterocycles. The first-order chi connectivity index (χ1) is 12.7. The summed E-state index contributed by atoms with van der Waals surface area (Å²) in [5.41, 5.74) is 8.49. The summed E-state index contributed by atoms with van der Waals surface area (Å²) in [7, 11) is 0. The van der Waals surface area contributed by atoms with Crippen LogP contribution < -0.4 is 25.8 Å². The molecule has 0 bridgehead atoms. The first kappa shape index (κ1) is 15.9. The Kier molecular flexibility index (Phi) is 4.14. The van der Waals surface area contributed by atoms with Gasteiger partial charge in [0.25, 0.3) is 0 Å². The number of aryl methyl sites for hydroxylation is 1. The van der Waals surface area contributed by atoms with E-state index >= 15 is 0 Å². The summed E-state index contributed by atoms with van der Waals surface area (Å²) in [6.45, 7) is 3.08. The van der Waals surface area contributed by atoms with Crippen molar-refractivity contribution in [3.8, 4) is 11.5 Å². The zero-order valence-corrected chi connectivity index (χ0v) is 14.2. The minimum atomic E-state index is 0.394. The minimum Gasteiger partial charge on any atom is -0.486 e. The van der Waals surface area contributed by atoms with Crippen LogP contribution in [-0.4, -0.2) is 28.2 Å². The molecule has 0 saturated carbocycles. The number of fused-ring (bicyclic) bond motifs is 1. The third kappa shape index (κ3) is 3.30. The standard InChI is InChI=1S/C18H18N6O2/c1-11-4-5-20-15(8-11)24-18-16(19)17(21-10-22-18)23-12-2-3-13-14(9-12)26-7-6-25-13/h2-5,8-10H,6-7,19H2,1H3,(H2,20,21,22,23,24). The minimum absolute atomic E-state index is 0.394. The van der Waals surface area contributed by atoms with Gasteiger partial charge in [0, 0.05) is 18.0 Å². The van der Waals surface area contributed by atoms with Crippen LogP contribution in [0, 0.1) is 6.92 Å². The zero-order valence-electron chi connectivity index (χ0n) is 14.2. The van der Waals surface area contributed by atoms with Crippen molar-refractivity contribution in [3.05, 3.63) is 48.4 Å². The number of aromatic nitrogens is 3. The fourth-order valence-corrected chi connectivity index (χ4v) is 2.58. The van der Waals surface area contributed by atoms with Crippen molar-refractivity contribution in [2.45, 2.75) is 6.92 Å². The Labute approximate surface area is 150 Å². The lowest BCUT2D eigenvalue weighted by Crippen LogP contribution is -2.15. The van der Waals surface area contributed by atoms with Crippen molar-refractivity contribution in [2.75, 3.05) is 29.6 Å². The van der Waals surface area contributed by atoms with Crippen LogP contribution >= 0.6 is 0 Å². The van der Waals surface area contributed by atoms with E-state index in [1.54, 1.807) is 6.20 Å². The van der Waals surface area contributed by atoms with E-state index in [2.05, 4.69) is 25.6 Å². The molecule has 0 aliphatic carbocycles. The van der Waals surface area contributed by atoms with E-state index in [0.29, 0.717) is 42.1 Å². The summed E-state index contributed by atoms with van der Waals surface area (Å²) in [6.07, 6.45) is 3.16. The van der Waals surface area contributed by atoms with E-state index in [1.165, 1.54) is 6.33 Å². The largest absolute Gasteiger partial charge is 0.486 e. The molecule has 3 aromatic rings. The van der Waals surface area contributed by atoms with E-state index in [4.69, 9.17) is 15.2 Å². The monoisotopic (exact) mass is 350 g/mol. The number of hydrogen-bond donors (Lipinski definition) is 3. The van der Waals surface area contributed by atoms with Gasteiger partial charge < -0.3 is 25.8 Å². The van der Waals surface area contributed by atoms with Gasteiger partial charge in [-0.1, -0.05) is 0 Å². The average Bonchev–Trinajstić information content (AvgIpc) is 2.65. The molecule has 1 aliphatic rings. The van der Waals surface area contributed by atoms with E-state index in [9.17, 15) is 0 Å². The maximum atomic E-state index is 6.22. The molecule has 0 spiro atoms. The highest BCUT2D eigenvalue weighted by Crippen LogP contribution is 2.34. The van der Waals surface area contributed by atoms with Gasteiger partial charge in [0.15, 0.2) is 23.1 Å². The molecule has 0 amide bonds. The molecule has 4 rings (SSSR count). The molecular formula is C18H18N6O2. The molecule has 3 heterocycles. The van der Waals surface area contributed by atoms with Crippen LogP contribution in [0.2, 0.25) is 0 Å². The highest BCUT2D eigenvalue weighted by molar-refractivity contribution is 5.80. The van der Waals surface area contributed by atoms with Crippen molar-refractivity contribution < 1.29 is 9.47 Å². The third-order valence-corrected chi connectivity index (χ3v) is 3.85. The highest BCUT2D eigenvalue weighted by atomic mass is 16.6. The Hall–Kier alpha value is -3.55. The Morgan fingerprint density at radius 2 is 1.69 bits per heavy atom. The van der Waals surface area contributed by atoms with Crippen LogP contribution in [0.1, 0.15) is 5.56 Å². The average molecular weight is 350 g/mol. The summed E-state index contributed by atoms with van der Waals surface area (Å²) in [6, 6.07) is 9.42. The third-order valence-electron chi connectivity index (χ3n) is 3.85. The van der Waals surface area contributed by atoms with Gasteiger partial charge in [-0.3, -0.25) is 0 Å². The molecule has 1 aromatic carbocycles. The second kappa shape index (κ2) is 6.75. The molecule has 132 valence electrons. The summed E-state index contributed by atoms with van der Waals surface area (Å²) in [4.78, 5) is 12.7. The van der Waals surface area contributed by atoms with Crippen LogP contribution in [0.5, 0.6) is 11.5 Å². The summed E-state index contributed by atoms with van der Waals surface area (Å²) >= 11 is 0. The topological polar surface area (TPSA) is 107 Å². The lowest BCUT2D eigenvalue weighted by Gasteiger charge is -2.19. The molecule has 0 atom stereocenters. The second-order valence-electron chi connectivity index (χ2n) is 5.81. The van der Waals surface area contributed by atoms with Gasteiger partial charge in [-0.15, -0.1) is 0 Å². The van der Waals surface area contributed by atoms with Gasteiger partial charge in [-0.25, -0.2) is 15.0 Å². The molecule has 0 radical (unpaired) electrons. The van der Waals surface area contributed by atoms with Crippen molar-refractivity contribution >= 4 is 28.8 Å². The van der Waals surface area contributed by atoms with Gasteiger partial charge in [0.05, 0.1) is 0 Å². The van der Waals surface area contributed by atoms with Crippen LogP contribution in [0.15, 0.2) is 42.9 Å². The normalized spacial score (nSPS) is 12.5. The molecule has 2 aromatic heterocycles.